The fraction of sp³-hybridized carbons (Fsp3) is 0.278. The Balaban J connectivity index is 1.64. The second-order valence-corrected chi connectivity index (χ2v) is 6.01. The number of ether oxygens (including phenoxy) is 1. The molecule has 128 valence electrons. The number of benzene rings is 1. The van der Waals surface area contributed by atoms with Crippen molar-refractivity contribution in [3.8, 4) is 5.75 Å². The minimum absolute atomic E-state index is 0.0266. The number of nitrogens with zero attached hydrogens (tertiary/aromatic N) is 5. The molecular formula is C18H19N5O2. The topological polar surface area (TPSA) is 65.2 Å². The first-order valence-corrected chi connectivity index (χ1v) is 8.15. The predicted molar refractivity (Wildman–Crippen MR) is 90.7 cm³/mol. The van der Waals surface area contributed by atoms with E-state index in [-0.39, 0.29) is 18.5 Å². The molecule has 7 heteroatoms. The summed E-state index contributed by atoms with van der Waals surface area (Å²) in [6.45, 7) is 1.40. The number of aromatic nitrogens is 4. The van der Waals surface area contributed by atoms with Crippen molar-refractivity contribution in [1.29, 1.82) is 0 Å². The largest absolute Gasteiger partial charge is 0.497 e. The molecule has 7 nitrogen and oxygen atoms in total. The Morgan fingerprint density at radius 1 is 1.24 bits per heavy atom. The van der Waals surface area contributed by atoms with Crippen LogP contribution in [0, 0.1) is 0 Å². The summed E-state index contributed by atoms with van der Waals surface area (Å²) < 4.78 is 8.99. The minimum atomic E-state index is -0.0457. The third-order valence-corrected chi connectivity index (χ3v) is 4.54. The molecule has 1 aliphatic rings. The summed E-state index contributed by atoms with van der Waals surface area (Å²) in [5, 5.41) is 4.14. The standard InChI is InChI=1S/C18H19N5O2/c1-25-15-5-3-14(4-6-15)16-11-21-10-8-19-17(21)12-23(16)18(24)13-22-9-2-7-20-22/h2-10,16H,11-13H2,1H3. The fourth-order valence-electron chi connectivity index (χ4n) is 3.20. The Kier molecular flexibility index (Phi) is 3.97. The zero-order valence-corrected chi connectivity index (χ0v) is 13.9. The molecule has 3 aromatic rings. The molecule has 0 N–H and O–H groups in total. The maximum Gasteiger partial charge on any atom is 0.245 e. The van der Waals surface area contributed by atoms with Gasteiger partial charge in [-0.3, -0.25) is 9.48 Å². The van der Waals surface area contributed by atoms with E-state index in [0.29, 0.717) is 13.1 Å². The lowest BCUT2D eigenvalue weighted by molar-refractivity contribution is -0.136. The summed E-state index contributed by atoms with van der Waals surface area (Å²) in [4.78, 5) is 19.2. The Bertz CT molecular complexity index is 854. The van der Waals surface area contributed by atoms with Crippen LogP contribution in [-0.2, 0) is 24.4 Å². The van der Waals surface area contributed by atoms with Gasteiger partial charge in [0, 0.05) is 31.3 Å². The number of methoxy groups -OCH3 is 1. The van der Waals surface area contributed by atoms with E-state index in [0.717, 1.165) is 17.1 Å². The molecule has 0 fully saturated rings. The lowest BCUT2D eigenvalue weighted by Crippen LogP contribution is -2.42. The number of fused-ring (bicyclic) bond motifs is 1. The summed E-state index contributed by atoms with van der Waals surface area (Å²) in [6.07, 6.45) is 7.21. The van der Waals surface area contributed by atoms with E-state index in [9.17, 15) is 4.79 Å². The smallest absolute Gasteiger partial charge is 0.245 e. The Morgan fingerprint density at radius 3 is 2.80 bits per heavy atom. The zero-order valence-electron chi connectivity index (χ0n) is 13.9. The zero-order chi connectivity index (χ0) is 17.2. The van der Waals surface area contributed by atoms with Gasteiger partial charge in [-0.05, 0) is 23.8 Å². The number of hydrogen-bond donors (Lipinski definition) is 0. The van der Waals surface area contributed by atoms with Crippen LogP contribution < -0.4 is 4.74 Å². The van der Waals surface area contributed by atoms with Crippen LogP contribution in [0.2, 0.25) is 0 Å². The van der Waals surface area contributed by atoms with E-state index < -0.39 is 0 Å². The van der Waals surface area contributed by atoms with Gasteiger partial charge in [-0.2, -0.15) is 5.10 Å². The van der Waals surface area contributed by atoms with Crippen molar-refractivity contribution < 1.29 is 9.53 Å². The highest BCUT2D eigenvalue weighted by atomic mass is 16.5. The molecule has 1 amide bonds. The van der Waals surface area contributed by atoms with Crippen molar-refractivity contribution in [2.24, 2.45) is 0 Å². The van der Waals surface area contributed by atoms with E-state index in [1.54, 1.807) is 30.4 Å². The second kappa shape index (κ2) is 6.43. The number of carbonyl (C=O) groups excluding carboxylic acids is 1. The Morgan fingerprint density at radius 2 is 2.08 bits per heavy atom. The normalized spacial score (nSPS) is 16.5. The first kappa shape index (κ1) is 15.4. The molecule has 3 heterocycles. The van der Waals surface area contributed by atoms with Gasteiger partial charge >= 0.3 is 0 Å². The van der Waals surface area contributed by atoms with Crippen LogP contribution in [0.5, 0.6) is 5.75 Å². The molecule has 1 atom stereocenters. The first-order valence-electron chi connectivity index (χ1n) is 8.15. The second-order valence-electron chi connectivity index (χ2n) is 6.01. The van der Waals surface area contributed by atoms with Crippen molar-refractivity contribution in [2.75, 3.05) is 7.11 Å². The summed E-state index contributed by atoms with van der Waals surface area (Å²) in [7, 11) is 1.65. The lowest BCUT2D eigenvalue weighted by atomic mass is 10.0. The molecule has 25 heavy (non-hydrogen) atoms. The molecule has 1 aliphatic heterocycles. The van der Waals surface area contributed by atoms with E-state index in [1.165, 1.54) is 0 Å². The van der Waals surface area contributed by atoms with Crippen molar-refractivity contribution in [3.63, 3.8) is 0 Å². The highest BCUT2D eigenvalue weighted by molar-refractivity contribution is 5.76. The molecule has 1 aromatic carbocycles. The van der Waals surface area contributed by atoms with Crippen molar-refractivity contribution >= 4 is 5.91 Å². The number of imidazole rings is 1. The predicted octanol–water partition coefficient (Wildman–Crippen LogP) is 1.87. The van der Waals surface area contributed by atoms with Gasteiger partial charge in [-0.1, -0.05) is 12.1 Å². The van der Waals surface area contributed by atoms with Crippen molar-refractivity contribution in [3.05, 3.63) is 66.5 Å². The first-order chi connectivity index (χ1) is 12.2. The minimum Gasteiger partial charge on any atom is -0.497 e. The molecule has 0 spiro atoms. The SMILES string of the molecule is COc1ccc(C2Cn3ccnc3CN2C(=O)Cn2cccn2)cc1. The molecule has 1 unspecified atom stereocenters. The Hall–Kier alpha value is -3.09. The van der Waals surface area contributed by atoms with Crippen LogP contribution >= 0.6 is 0 Å². The van der Waals surface area contributed by atoms with Gasteiger partial charge in [0.2, 0.25) is 5.91 Å². The molecule has 0 saturated carbocycles. The third-order valence-electron chi connectivity index (χ3n) is 4.54. The van der Waals surface area contributed by atoms with E-state index in [4.69, 9.17) is 4.74 Å². The van der Waals surface area contributed by atoms with Gasteiger partial charge < -0.3 is 14.2 Å². The highest BCUT2D eigenvalue weighted by Gasteiger charge is 2.31. The van der Waals surface area contributed by atoms with E-state index in [1.807, 2.05) is 41.4 Å². The maximum absolute atomic E-state index is 12.9. The van der Waals surface area contributed by atoms with Crippen LogP contribution in [0.25, 0.3) is 0 Å². The van der Waals surface area contributed by atoms with E-state index >= 15 is 0 Å². The van der Waals surface area contributed by atoms with Crippen molar-refractivity contribution in [1.82, 2.24) is 24.2 Å². The Labute approximate surface area is 145 Å². The quantitative estimate of drug-likeness (QED) is 0.729. The van der Waals surface area contributed by atoms with Crippen LogP contribution in [0.3, 0.4) is 0 Å². The number of amides is 1. The van der Waals surface area contributed by atoms with Crippen molar-refractivity contribution in [2.45, 2.75) is 25.7 Å². The fourth-order valence-corrected chi connectivity index (χ4v) is 3.20. The molecule has 0 radical (unpaired) electrons. The lowest BCUT2D eigenvalue weighted by Gasteiger charge is -2.36. The summed E-state index contributed by atoms with van der Waals surface area (Å²) in [5.74, 6) is 1.73. The highest BCUT2D eigenvalue weighted by Crippen LogP contribution is 2.30. The molecule has 0 aliphatic carbocycles. The summed E-state index contributed by atoms with van der Waals surface area (Å²) in [6, 6.07) is 9.65. The average molecular weight is 337 g/mol. The van der Waals surface area contributed by atoms with Crippen LogP contribution in [0.1, 0.15) is 17.4 Å². The van der Waals surface area contributed by atoms with Crippen LogP contribution in [0.15, 0.2) is 55.1 Å². The molecule has 4 rings (SSSR count). The molecular weight excluding hydrogens is 318 g/mol. The van der Waals surface area contributed by atoms with Gasteiger partial charge in [-0.25, -0.2) is 4.98 Å². The monoisotopic (exact) mass is 337 g/mol. The van der Waals surface area contributed by atoms with Gasteiger partial charge in [0.1, 0.15) is 18.1 Å². The maximum atomic E-state index is 12.9. The number of rotatable bonds is 4. The summed E-state index contributed by atoms with van der Waals surface area (Å²) >= 11 is 0. The van der Waals surface area contributed by atoms with Gasteiger partial charge in [0.25, 0.3) is 0 Å². The van der Waals surface area contributed by atoms with E-state index in [2.05, 4.69) is 14.6 Å². The van der Waals surface area contributed by atoms with Crippen LogP contribution in [-0.4, -0.2) is 37.2 Å². The van der Waals surface area contributed by atoms with Gasteiger partial charge in [-0.15, -0.1) is 0 Å². The molecule has 2 aromatic heterocycles. The average Bonchev–Trinajstić information content (AvgIpc) is 3.31. The molecule has 0 bridgehead atoms. The number of hydrogen-bond acceptors (Lipinski definition) is 4. The van der Waals surface area contributed by atoms with Gasteiger partial charge in [0.05, 0.1) is 19.7 Å². The number of carbonyl (C=O) groups is 1. The summed E-state index contributed by atoms with van der Waals surface area (Å²) in [5.41, 5.74) is 1.08. The third kappa shape index (κ3) is 3.00. The molecule has 0 saturated heterocycles. The van der Waals surface area contributed by atoms with Gasteiger partial charge in [0.15, 0.2) is 0 Å². The van der Waals surface area contributed by atoms with Crippen LogP contribution in [0.4, 0.5) is 0 Å².